The molecule has 2 heterocycles. The summed E-state index contributed by atoms with van der Waals surface area (Å²) in [6, 6.07) is 0.244. The zero-order chi connectivity index (χ0) is 9.97. The second-order valence-electron chi connectivity index (χ2n) is 3.47. The van der Waals surface area contributed by atoms with Crippen LogP contribution in [0.4, 0.5) is 0 Å². The zero-order valence-corrected chi connectivity index (χ0v) is 8.49. The van der Waals surface area contributed by atoms with Gasteiger partial charge in [0.25, 0.3) is 0 Å². The van der Waals surface area contributed by atoms with Gasteiger partial charge in [0.2, 0.25) is 0 Å². The van der Waals surface area contributed by atoms with Gasteiger partial charge in [0.1, 0.15) is 0 Å². The van der Waals surface area contributed by atoms with Crippen molar-refractivity contribution in [3.63, 3.8) is 0 Å². The lowest BCUT2D eigenvalue weighted by Gasteiger charge is -2.12. The van der Waals surface area contributed by atoms with E-state index in [0.29, 0.717) is 0 Å². The summed E-state index contributed by atoms with van der Waals surface area (Å²) in [6.07, 6.45) is 3.88. The lowest BCUT2D eigenvalue weighted by Crippen LogP contribution is -2.35. The van der Waals surface area contributed by atoms with Gasteiger partial charge >= 0.3 is 0 Å². The number of aliphatic imine (C=N–C) groups is 1. The van der Waals surface area contributed by atoms with Gasteiger partial charge in [0, 0.05) is 25.4 Å². The van der Waals surface area contributed by atoms with Crippen LogP contribution >= 0.6 is 0 Å². The molecule has 0 amide bonds. The van der Waals surface area contributed by atoms with Gasteiger partial charge in [-0.1, -0.05) is 0 Å². The second-order valence-corrected chi connectivity index (χ2v) is 3.47. The van der Waals surface area contributed by atoms with Crippen LogP contribution in [0.3, 0.4) is 0 Å². The fourth-order valence-electron chi connectivity index (χ4n) is 1.45. The highest BCUT2D eigenvalue weighted by Crippen LogP contribution is 2.09. The van der Waals surface area contributed by atoms with Gasteiger partial charge in [-0.2, -0.15) is 5.10 Å². The summed E-state index contributed by atoms with van der Waals surface area (Å²) in [5.74, 6) is 0.890. The van der Waals surface area contributed by atoms with E-state index in [-0.39, 0.29) is 6.04 Å². The summed E-state index contributed by atoms with van der Waals surface area (Å²) in [6.45, 7) is 3.89. The minimum absolute atomic E-state index is 0.244. The number of guanidine groups is 1. The van der Waals surface area contributed by atoms with Crippen LogP contribution in [-0.4, -0.2) is 28.8 Å². The van der Waals surface area contributed by atoms with Gasteiger partial charge in [-0.25, -0.2) is 0 Å². The summed E-state index contributed by atoms with van der Waals surface area (Å²) in [4.78, 5) is 4.28. The minimum Gasteiger partial charge on any atom is -0.355 e. The molecule has 2 N–H and O–H groups in total. The molecule has 0 fully saturated rings. The Balaban J connectivity index is 1.98. The van der Waals surface area contributed by atoms with Crippen molar-refractivity contribution in [2.45, 2.75) is 13.0 Å². The summed E-state index contributed by atoms with van der Waals surface area (Å²) < 4.78 is 1.80. The maximum atomic E-state index is 4.28. The zero-order valence-electron chi connectivity index (χ0n) is 8.49. The van der Waals surface area contributed by atoms with Crippen molar-refractivity contribution in [1.29, 1.82) is 0 Å². The number of aromatic nitrogens is 2. The van der Waals surface area contributed by atoms with Gasteiger partial charge in [0.15, 0.2) is 5.96 Å². The Labute approximate surface area is 83.2 Å². The summed E-state index contributed by atoms with van der Waals surface area (Å²) in [5, 5.41) is 10.6. The molecule has 1 aromatic heterocycles. The van der Waals surface area contributed by atoms with E-state index in [1.165, 1.54) is 5.56 Å². The lowest BCUT2D eigenvalue weighted by molar-refractivity contribution is 0.699. The summed E-state index contributed by atoms with van der Waals surface area (Å²) >= 11 is 0. The van der Waals surface area contributed by atoms with Crippen molar-refractivity contribution < 1.29 is 0 Å². The van der Waals surface area contributed by atoms with Crippen molar-refractivity contribution >= 4 is 5.96 Å². The standard InChI is InChI=1S/C9H15N5/c1-7(8-5-12-14(2)6-8)13-9-10-3-4-11-9/h5-7H,3-4H2,1-2H3,(H2,10,11,13). The first-order chi connectivity index (χ1) is 6.75. The van der Waals surface area contributed by atoms with Crippen LogP contribution < -0.4 is 10.6 Å². The third-order valence-electron chi connectivity index (χ3n) is 2.25. The molecule has 14 heavy (non-hydrogen) atoms. The minimum atomic E-state index is 0.244. The average Bonchev–Trinajstić information content (AvgIpc) is 2.75. The quantitative estimate of drug-likeness (QED) is 0.696. The van der Waals surface area contributed by atoms with Crippen molar-refractivity contribution in [2.24, 2.45) is 12.0 Å². The predicted octanol–water partition coefficient (Wildman–Crippen LogP) is 0.0299. The molecule has 0 bridgehead atoms. The van der Waals surface area contributed by atoms with E-state index < -0.39 is 0 Å². The van der Waals surface area contributed by atoms with Crippen LogP contribution in [0.1, 0.15) is 18.5 Å². The number of hydrogen-bond donors (Lipinski definition) is 2. The molecule has 1 aliphatic heterocycles. The molecular weight excluding hydrogens is 178 g/mol. The Morgan fingerprint density at radius 3 is 3.07 bits per heavy atom. The van der Waals surface area contributed by atoms with E-state index in [9.17, 15) is 0 Å². The molecule has 76 valence electrons. The molecule has 1 atom stereocenters. The van der Waals surface area contributed by atoms with Crippen molar-refractivity contribution in [3.05, 3.63) is 18.0 Å². The van der Waals surface area contributed by atoms with E-state index in [1.807, 2.05) is 19.4 Å². The second kappa shape index (κ2) is 3.69. The van der Waals surface area contributed by atoms with Crippen LogP contribution in [0.2, 0.25) is 0 Å². The first-order valence-electron chi connectivity index (χ1n) is 4.79. The number of nitrogens with zero attached hydrogens (tertiary/aromatic N) is 3. The summed E-state index contributed by atoms with van der Waals surface area (Å²) in [7, 11) is 1.92. The fourth-order valence-corrected chi connectivity index (χ4v) is 1.45. The molecule has 0 radical (unpaired) electrons. The normalized spacial score (nSPS) is 17.4. The molecule has 2 rings (SSSR count). The van der Waals surface area contributed by atoms with Crippen LogP contribution in [0.5, 0.6) is 0 Å². The third-order valence-corrected chi connectivity index (χ3v) is 2.25. The fraction of sp³-hybridized carbons (Fsp3) is 0.556. The van der Waals surface area contributed by atoms with Crippen molar-refractivity contribution in [2.75, 3.05) is 13.1 Å². The van der Waals surface area contributed by atoms with Crippen LogP contribution in [-0.2, 0) is 7.05 Å². The van der Waals surface area contributed by atoms with Crippen LogP contribution in [0.15, 0.2) is 17.4 Å². The average molecular weight is 193 g/mol. The molecule has 0 spiro atoms. The third kappa shape index (κ3) is 1.86. The molecule has 0 aromatic carbocycles. The molecule has 1 aromatic rings. The predicted molar refractivity (Wildman–Crippen MR) is 55.1 cm³/mol. The maximum Gasteiger partial charge on any atom is 0.191 e. The van der Waals surface area contributed by atoms with E-state index >= 15 is 0 Å². The molecule has 0 saturated heterocycles. The Hall–Kier alpha value is -1.52. The van der Waals surface area contributed by atoms with Crippen molar-refractivity contribution in [1.82, 2.24) is 20.4 Å². The largest absolute Gasteiger partial charge is 0.355 e. The summed E-state index contributed by atoms with van der Waals surface area (Å²) in [5.41, 5.74) is 1.17. The van der Waals surface area contributed by atoms with Crippen LogP contribution in [0.25, 0.3) is 0 Å². The Morgan fingerprint density at radius 2 is 2.50 bits per heavy atom. The van der Waals surface area contributed by atoms with E-state index in [1.54, 1.807) is 4.68 Å². The van der Waals surface area contributed by atoms with Gasteiger partial charge in [-0.05, 0) is 6.92 Å². The number of aryl methyl sites for hydroxylation is 1. The van der Waals surface area contributed by atoms with E-state index in [2.05, 4.69) is 27.6 Å². The van der Waals surface area contributed by atoms with Crippen LogP contribution in [0, 0.1) is 0 Å². The Bertz CT molecular complexity index is 341. The van der Waals surface area contributed by atoms with E-state index in [4.69, 9.17) is 0 Å². The smallest absolute Gasteiger partial charge is 0.191 e. The van der Waals surface area contributed by atoms with Gasteiger partial charge in [0.05, 0.1) is 18.8 Å². The molecule has 5 nitrogen and oxygen atoms in total. The first-order valence-corrected chi connectivity index (χ1v) is 4.79. The number of rotatable bonds is 2. The SMILES string of the molecule is CC(NC1=NCCN1)c1cnn(C)c1. The van der Waals surface area contributed by atoms with Gasteiger partial charge in [-0.15, -0.1) is 0 Å². The molecule has 0 saturated carbocycles. The molecule has 1 aliphatic rings. The number of nitrogens with one attached hydrogen (secondary N) is 2. The highest BCUT2D eigenvalue weighted by atomic mass is 15.3. The highest BCUT2D eigenvalue weighted by molar-refractivity contribution is 5.81. The Morgan fingerprint density at radius 1 is 1.64 bits per heavy atom. The number of hydrogen-bond acceptors (Lipinski definition) is 4. The highest BCUT2D eigenvalue weighted by Gasteiger charge is 2.11. The molecule has 5 heteroatoms. The monoisotopic (exact) mass is 193 g/mol. The Kier molecular flexibility index (Phi) is 2.39. The van der Waals surface area contributed by atoms with E-state index in [0.717, 1.165) is 19.0 Å². The molecule has 0 aliphatic carbocycles. The van der Waals surface area contributed by atoms with Crippen molar-refractivity contribution in [3.8, 4) is 0 Å². The lowest BCUT2D eigenvalue weighted by atomic mass is 10.2. The topological polar surface area (TPSA) is 54.2 Å². The van der Waals surface area contributed by atoms with Gasteiger partial charge in [-0.3, -0.25) is 9.67 Å². The molecule has 1 unspecified atom stereocenters. The molecular formula is C9H15N5. The van der Waals surface area contributed by atoms with Gasteiger partial charge < -0.3 is 10.6 Å². The maximum absolute atomic E-state index is 4.28. The first kappa shape index (κ1) is 9.05.